The zero-order valence-corrected chi connectivity index (χ0v) is 11.5. The van der Waals surface area contributed by atoms with Gasteiger partial charge in [-0.1, -0.05) is 13.3 Å². The maximum Gasteiger partial charge on any atom is 0.335 e. The molecule has 0 bridgehead atoms. The summed E-state index contributed by atoms with van der Waals surface area (Å²) in [5.41, 5.74) is 0.285. The van der Waals surface area contributed by atoms with E-state index in [-0.39, 0.29) is 5.56 Å². The maximum absolute atomic E-state index is 10.7. The predicted molar refractivity (Wildman–Crippen MR) is 75.9 cm³/mol. The number of rotatable bonds is 10. The molecule has 0 aromatic heterocycles. The first-order chi connectivity index (χ1) is 9.24. The number of carbonyl (C=O) groups is 1. The number of nitrogens with one attached hydrogen (secondary N) is 1. The lowest BCUT2D eigenvalue weighted by molar-refractivity contribution is 0.0697. The Bertz CT molecular complexity index is 362. The van der Waals surface area contributed by atoms with E-state index in [0.29, 0.717) is 6.61 Å². The molecule has 4 nitrogen and oxygen atoms in total. The van der Waals surface area contributed by atoms with E-state index in [1.165, 1.54) is 12.8 Å². The number of benzene rings is 1. The van der Waals surface area contributed by atoms with Crippen LogP contribution in [0.1, 0.15) is 43.0 Å². The van der Waals surface area contributed by atoms with Crippen LogP contribution in [0.25, 0.3) is 0 Å². The Morgan fingerprint density at radius 1 is 1.16 bits per heavy atom. The monoisotopic (exact) mass is 265 g/mol. The third-order valence-electron chi connectivity index (χ3n) is 2.82. The molecular weight excluding hydrogens is 242 g/mol. The van der Waals surface area contributed by atoms with Crippen LogP contribution in [0.2, 0.25) is 0 Å². The molecule has 19 heavy (non-hydrogen) atoms. The fourth-order valence-corrected chi connectivity index (χ4v) is 1.66. The number of hydrogen-bond donors (Lipinski definition) is 2. The summed E-state index contributed by atoms with van der Waals surface area (Å²) in [5.74, 6) is -0.186. The zero-order chi connectivity index (χ0) is 13.9. The van der Waals surface area contributed by atoms with Crippen molar-refractivity contribution < 1.29 is 14.6 Å². The molecule has 0 aliphatic heterocycles. The zero-order valence-electron chi connectivity index (χ0n) is 11.5. The van der Waals surface area contributed by atoms with E-state index in [0.717, 1.165) is 31.7 Å². The van der Waals surface area contributed by atoms with Gasteiger partial charge in [0, 0.05) is 0 Å². The van der Waals surface area contributed by atoms with Gasteiger partial charge in [-0.05, 0) is 56.6 Å². The third kappa shape index (κ3) is 6.82. The Kier molecular flexibility index (Phi) is 7.66. The van der Waals surface area contributed by atoms with Gasteiger partial charge in [0.15, 0.2) is 0 Å². The van der Waals surface area contributed by atoms with Gasteiger partial charge >= 0.3 is 5.97 Å². The fourth-order valence-electron chi connectivity index (χ4n) is 1.66. The van der Waals surface area contributed by atoms with Crippen LogP contribution in [0.15, 0.2) is 24.3 Å². The Morgan fingerprint density at radius 3 is 2.47 bits per heavy atom. The molecule has 0 aliphatic carbocycles. The van der Waals surface area contributed by atoms with Crippen molar-refractivity contribution in [3.63, 3.8) is 0 Å². The lowest BCUT2D eigenvalue weighted by Crippen LogP contribution is -2.17. The number of carboxylic acids is 1. The molecule has 0 spiro atoms. The minimum Gasteiger partial charge on any atom is -0.494 e. The molecule has 0 amide bonds. The molecule has 0 saturated carbocycles. The number of unbranched alkanes of at least 4 members (excludes halogenated alkanes) is 2. The first kappa shape index (κ1) is 15.5. The minimum absolute atomic E-state index is 0.285. The highest BCUT2D eigenvalue weighted by atomic mass is 16.5. The van der Waals surface area contributed by atoms with Gasteiger partial charge in [0.25, 0.3) is 0 Å². The van der Waals surface area contributed by atoms with Gasteiger partial charge in [-0.15, -0.1) is 0 Å². The average molecular weight is 265 g/mol. The van der Waals surface area contributed by atoms with E-state index in [2.05, 4.69) is 12.2 Å². The summed E-state index contributed by atoms with van der Waals surface area (Å²) >= 11 is 0. The van der Waals surface area contributed by atoms with E-state index >= 15 is 0 Å². The van der Waals surface area contributed by atoms with Gasteiger partial charge in [0.1, 0.15) is 5.75 Å². The van der Waals surface area contributed by atoms with Crippen molar-refractivity contribution in [1.82, 2.24) is 5.32 Å². The molecule has 0 fully saturated rings. The number of aromatic carboxylic acids is 1. The Morgan fingerprint density at radius 2 is 1.84 bits per heavy atom. The lowest BCUT2D eigenvalue weighted by Gasteiger charge is -2.07. The molecule has 1 aromatic rings. The second kappa shape index (κ2) is 9.39. The van der Waals surface area contributed by atoms with Crippen LogP contribution < -0.4 is 10.1 Å². The van der Waals surface area contributed by atoms with Crippen molar-refractivity contribution in [3.05, 3.63) is 29.8 Å². The standard InChI is InChI=1S/C15H23NO3/c1-2-3-10-16-11-4-5-12-19-14-8-6-13(7-9-14)15(17)18/h6-9,16H,2-5,10-12H2,1H3,(H,17,18). The molecule has 0 unspecified atom stereocenters. The van der Waals surface area contributed by atoms with E-state index in [1.54, 1.807) is 24.3 Å². The normalized spacial score (nSPS) is 10.4. The smallest absolute Gasteiger partial charge is 0.335 e. The van der Waals surface area contributed by atoms with Crippen molar-refractivity contribution in [1.29, 1.82) is 0 Å². The number of hydrogen-bond acceptors (Lipinski definition) is 3. The van der Waals surface area contributed by atoms with Crippen molar-refractivity contribution in [2.24, 2.45) is 0 Å². The van der Waals surface area contributed by atoms with E-state index in [1.807, 2.05) is 0 Å². The summed E-state index contributed by atoms with van der Waals surface area (Å²) < 4.78 is 5.55. The molecule has 106 valence electrons. The van der Waals surface area contributed by atoms with Gasteiger partial charge in [0.2, 0.25) is 0 Å². The van der Waals surface area contributed by atoms with Crippen LogP contribution >= 0.6 is 0 Å². The third-order valence-corrected chi connectivity index (χ3v) is 2.82. The van der Waals surface area contributed by atoms with Crippen molar-refractivity contribution in [2.75, 3.05) is 19.7 Å². The molecule has 1 rings (SSSR count). The molecule has 4 heteroatoms. The molecule has 0 atom stereocenters. The minimum atomic E-state index is -0.912. The average Bonchev–Trinajstić information content (AvgIpc) is 2.42. The first-order valence-electron chi connectivity index (χ1n) is 6.91. The Balaban J connectivity index is 2.07. The summed E-state index contributed by atoms with van der Waals surface area (Å²) in [4.78, 5) is 10.7. The molecule has 1 aromatic carbocycles. The molecule has 2 N–H and O–H groups in total. The SMILES string of the molecule is CCCCNCCCCOc1ccc(C(=O)O)cc1. The van der Waals surface area contributed by atoms with Crippen LogP contribution in [-0.4, -0.2) is 30.8 Å². The largest absolute Gasteiger partial charge is 0.494 e. The van der Waals surface area contributed by atoms with Crippen LogP contribution in [0.4, 0.5) is 0 Å². The summed E-state index contributed by atoms with van der Waals surface area (Å²) in [6.45, 7) is 4.97. The fraction of sp³-hybridized carbons (Fsp3) is 0.533. The highest BCUT2D eigenvalue weighted by Gasteiger charge is 2.01. The highest BCUT2D eigenvalue weighted by Crippen LogP contribution is 2.12. The summed E-state index contributed by atoms with van der Waals surface area (Å²) in [6, 6.07) is 6.51. The summed E-state index contributed by atoms with van der Waals surface area (Å²) in [6.07, 6.45) is 4.55. The van der Waals surface area contributed by atoms with Crippen molar-refractivity contribution in [2.45, 2.75) is 32.6 Å². The van der Waals surface area contributed by atoms with Crippen LogP contribution in [0, 0.1) is 0 Å². The van der Waals surface area contributed by atoms with Crippen LogP contribution in [0.5, 0.6) is 5.75 Å². The van der Waals surface area contributed by atoms with Crippen molar-refractivity contribution in [3.8, 4) is 5.75 Å². The highest BCUT2D eigenvalue weighted by molar-refractivity contribution is 5.87. The van der Waals surface area contributed by atoms with Gasteiger partial charge in [-0.25, -0.2) is 4.79 Å². The van der Waals surface area contributed by atoms with E-state index in [4.69, 9.17) is 9.84 Å². The van der Waals surface area contributed by atoms with Crippen LogP contribution in [-0.2, 0) is 0 Å². The van der Waals surface area contributed by atoms with Gasteiger partial charge in [-0.3, -0.25) is 0 Å². The van der Waals surface area contributed by atoms with Crippen LogP contribution in [0.3, 0.4) is 0 Å². The Labute approximate surface area is 114 Å². The van der Waals surface area contributed by atoms with Gasteiger partial charge in [0.05, 0.1) is 12.2 Å². The lowest BCUT2D eigenvalue weighted by atomic mass is 10.2. The second-order valence-electron chi connectivity index (χ2n) is 4.49. The number of carboxylic acid groups (broad SMARTS) is 1. The van der Waals surface area contributed by atoms with E-state index in [9.17, 15) is 4.79 Å². The molecule has 0 saturated heterocycles. The maximum atomic E-state index is 10.7. The molecular formula is C15H23NO3. The molecule has 0 heterocycles. The van der Waals surface area contributed by atoms with E-state index < -0.39 is 5.97 Å². The Hall–Kier alpha value is -1.55. The topological polar surface area (TPSA) is 58.6 Å². The quantitative estimate of drug-likeness (QED) is 0.639. The summed E-state index contributed by atoms with van der Waals surface area (Å²) in [7, 11) is 0. The first-order valence-corrected chi connectivity index (χ1v) is 6.91. The number of ether oxygens (including phenoxy) is 1. The molecule has 0 radical (unpaired) electrons. The second-order valence-corrected chi connectivity index (χ2v) is 4.49. The van der Waals surface area contributed by atoms with Gasteiger partial charge < -0.3 is 15.2 Å². The predicted octanol–water partition coefficient (Wildman–Crippen LogP) is 2.93. The summed E-state index contributed by atoms with van der Waals surface area (Å²) in [5, 5.41) is 12.1. The van der Waals surface area contributed by atoms with Gasteiger partial charge in [-0.2, -0.15) is 0 Å². The molecule has 0 aliphatic rings. The van der Waals surface area contributed by atoms with Crippen molar-refractivity contribution >= 4 is 5.97 Å².